The number of aryl methyl sites for hydroxylation is 1. The smallest absolute Gasteiger partial charge is 0.253 e. The second-order valence-electron chi connectivity index (χ2n) is 6.92. The summed E-state index contributed by atoms with van der Waals surface area (Å²) in [6.45, 7) is 5.74. The number of benzene rings is 2. The van der Waals surface area contributed by atoms with Gasteiger partial charge in [0.25, 0.3) is 5.91 Å². The second kappa shape index (κ2) is 8.76. The molecule has 5 heteroatoms. The van der Waals surface area contributed by atoms with E-state index in [1.807, 2.05) is 68.4 Å². The molecule has 5 nitrogen and oxygen atoms in total. The lowest BCUT2D eigenvalue weighted by Crippen LogP contribution is -2.23. The summed E-state index contributed by atoms with van der Waals surface area (Å²) in [7, 11) is 1.66. The molecule has 0 radical (unpaired) electrons. The first kappa shape index (κ1) is 19.7. The van der Waals surface area contributed by atoms with Gasteiger partial charge in [-0.3, -0.25) is 4.79 Å². The van der Waals surface area contributed by atoms with E-state index in [0.29, 0.717) is 18.7 Å². The summed E-state index contributed by atoms with van der Waals surface area (Å²) in [5, 5.41) is 3.01. The normalized spacial score (nSPS) is 10.7. The SMILES string of the molecule is COc1ccc(Cn2c(C)cc(C(=O)NCc3ccc(CN)cc3)c2C)cc1. The van der Waals surface area contributed by atoms with Gasteiger partial charge in [0, 0.05) is 31.0 Å². The van der Waals surface area contributed by atoms with Crippen molar-refractivity contribution in [3.63, 3.8) is 0 Å². The molecule has 3 N–H and O–H groups in total. The number of aromatic nitrogens is 1. The highest BCUT2D eigenvalue weighted by Gasteiger charge is 2.15. The zero-order valence-corrected chi connectivity index (χ0v) is 16.7. The first-order valence-corrected chi connectivity index (χ1v) is 9.37. The molecule has 0 aliphatic rings. The molecule has 2 aromatic carbocycles. The molecule has 1 aromatic heterocycles. The van der Waals surface area contributed by atoms with E-state index < -0.39 is 0 Å². The number of ether oxygens (including phenoxy) is 1. The van der Waals surface area contributed by atoms with Crippen molar-refractivity contribution in [2.24, 2.45) is 5.73 Å². The molecule has 3 rings (SSSR count). The van der Waals surface area contributed by atoms with Gasteiger partial charge in [-0.15, -0.1) is 0 Å². The number of amides is 1. The van der Waals surface area contributed by atoms with Crippen LogP contribution in [0.25, 0.3) is 0 Å². The summed E-state index contributed by atoms with van der Waals surface area (Å²) in [6.07, 6.45) is 0. The number of rotatable bonds is 7. The van der Waals surface area contributed by atoms with Crippen LogP contribution in [0.3, 0.4) is 0 Å². The Morgan fingerprint density at radius 1 is 1.00 bits per heavy atom. The highest BCUT2D eigenvalue weighted by molar-refractivity contribution is 5.95. The molecule has 0 bridgehead atoms. The maximum absolute atomic E-state index is 12.7. The van der Waals surface area contributed by atoms with Crippen LogP contribution in [0.5, 0.6) is 5.75 Å². The molecule has 0 aliphatic heterocycles. The summed E-state index contributed by atoms with van der Waals surface area (Å²) >= 11 is 0. The number of hydrogen-bond acceptors (Lipinski definition) is 3. The van der Waals surface area contributed by atoms with E-state index in [0.717, 1.165) is 40.4 Å². The Hall–Kier alpha value is -3.05. The third-order valence-electron chi connectivity index (χ3n) is 5.03. The molecule has 0 saturated carbocycles. The van der Waals surface area contributed by atoms with E-state index in [1.165, 1.54) is 0 Å². The number of nitrogens with two attached hydrogens (primary N) is 1. The van der Waals surface area contributed by atoms with Gasteiger partial charge in [-0.05, 0) is 48.7 Å². The molecule has 0 unspecified atom stereocenters. The van der Waals surface area contributed by atoms with Gasteiger partial charge in [0.15, 0.2) is 0 Å². The van der Waals surface area contributed by atoms with Crippen LogP contribution in [0, 0.1) is 13.8 Å². The van der Waals surface area contributed by atoms with Crippen LogP contribution < -0.4 is 15.8 Å². The van der Waals surface area contributed by atoms with Crippen molar-refractivity contribution >= 4 is 5.91 Å². The molecule has 0 saturated heterocycles. The number of hydrogen-bond donors (Lipinski definition) is 2. The molecule has 146 valence electrons. The minimum absolute atomic E-state index is 0.0583. The van der Waals surface area contributed by atoms with Crippen molar-refractivity contribution < 1.29 is 9.53 Å². The fourth-order valence-corrected chi connectivity index (χ4v) is 3.26. The minimum Gasteiger partial charge on any atom is -0.497 e. The van der Waals surface area contributed by atoms with Gasteiger partial charge in [-0.1, -0.05) is 36.4 Å². The summed E-state index contributed by atoms with van der Waals surface area (Å²) in [5.74, 6) is 0.779. The zero-order chi connectivity index (χ0) is 20.1. The number of nitrogens with zero attached hydrogens (tertiary/aromatic N) is 1. The molecule has 1 amide bonds. The Labute approximate surface area is 166 Å². The number of carbonyl (C=O) groups is 1. The van der Waals surface area contributed by atoms with Gasteiger partial charge in [0.1, 0.15) is 5.75 Å². The van der Waals surface area contributed by atoms with Gasteiger partial charge in [-0.2, -0.15) is 0 Å². The Balaban J connectivity index is 1.69. The van der Waals surface area contributed by atoms with Crippen LogP contribution in [-0.4, -0.2) is 17.6 Å². The molecule has 28 heavy (non-hydrogen) atoms. The quantitative estimate of drug-likeness (QED) is 0.662. The molecule has 0 fully saturated rings. The summed E-state index contributed by atoms with van der Waals surface area (Å²) in [5.41, 5.74) is 11.7. The maximum Gasteiger partial charge on any atom is 0.253 e. The van der Waals surface area contributed by atoms with Crippen molar-refractivity contribution in [2.75, 3.05) is 7.11 Å². The number of methoxy groups -OCH3 is 1. The van der Waals surface area contributed by atoms with Crippen LogP contribution in [0.4, 0.5) is 0 Å². The second-order valence-corrected chi connectivity index (χ2v) is 6.92. The minimum atomic E-state index is -0.0583. The molecular formula is C23H27N3O2. The van der Waals surface area contributed by atoms with Crippen molar-refractivity contribution in [3.8, 4) is 5.75 Å². The predicted molar refractivity (Wildman–Crippen MR) is 112 cm³/mol. The Morgan fingerprint density at radius 3 is 2.21 bits per heavy atom. The first-order valence-electron chi connectivity index (χ1n) is 9.37. The van der Waals surface area contributed by atoms with E-state index in [2.05, 4.69) is 9.88 Å². The van der Waals surface area contributed by atoms with Gasteiger partial charge >= 0.3 is 0 Å². The maximum atomic E-state index is 12.7. The lowest BCUT2D eigenvalue weighted by atomic mass is 10.1. The molecule has 1 heterocycles. The predicted octanol–water partition coefficient (Wildman–Crippen LogP) is 3.55. The van der Waals surface area contributed by atoms with E-state index in [4.69, 9.17) is 10.5 Å². The Bertz CT molecular complexity index is 941. The van der Waals surface area contributed by atoms with Crippen LogP contribution in [0.15, 0.2) is 54.6 Å². The van der Waals surface area contributed by atoms with Crippen molar-refractivity contribution in [2.45, 2.75) is 33.5 Å². The summed E-state index contributed by atoms with van der Waals surface area (Å²) < 4.78 is 7.37. The monoisotopic (exact) mass is 377 g/mol. The van der Waals surface area contributed by atoms with Crippen molar-refractivity contribution in [1.82, 2.24) is 9.88 Å². The molecular weight excluding hydrogens is 350 g/mol. The average molecular weight is 377 g/mol. The van der Waals surface area contributed by atoms with Crippen LogP contribution in [0.2, 0.25) is 0 Å². The van der Waals surface area contributed by atoms with E-state index in [1.54, 1.807) is 7.11 Å². The third kappa shape index (κ3) is 4.43. The number of carbonyl (C=O) groups excluding carboxylic acids is 1. The lowest BCUT2D eigenvalue weighted by Gasteiger charge is -2.11. The van der Waals surface area contributed by atoms with Gasteiger partial charge in [0.2, 0.25) is 0 Å². The van der Waals surface area contributed by atoms with E-state index in [-0.39, 0.29) is 5.91 Å². The largest absolute Gasteiger partial charge is 0.497 e. The Morgan fingerprint density at radius 2 is 1.61 bits per heavy atom. The molecule has 0 spiro atoms. The van der Waals surface area contributed by atoms with Crippen LogP contribution in [-0.2, 0) is 19.6 Å². The number of nitrogens with one attached hydrogen (secondary N) is 1. The van der Waals surface area contributed by atoms with Crippen LogP contribution in [0.1, 0.15) is 38.4 Å². The topological polar surface area (TPSA) is 69.3 Å². The molecule has 0 aliphatic carbocycles. The van der Waals surface area contributed by atoms with Crippen molar-refractivity contribution in [3.05, 3.63) is 88.2 Å². The average Bonchev–Trinajstić information content (AvgIpc) is 3.01. The van der Waals surface area contributed by atoms with Gasteiger partial charge in [-0.25, -0.2) is 0 Å². The van der Waals surface area contributed by atoms with Gasteiger partial charge < -0.3 is 20.4 Å². The summed E-state index contributed by atoms with van der Waals surface area (Å²) in [4.78, 5) is 12.7. The van der Waals surface area contributed by atoms with Crippen LogP contribution >= 0.6 is 0 Å². The highest BCUT2D eigenvalue weighted by atomic mass is 16.5. The molecule has 0 atom stereocenters. The molecule has 3 aromatic rings. The van der Waals surface area contributed by atoms with Crippen molar-refractivity contribution in [1.29, 1.82) is 0 Å². The first-order chi connectivity index (χ1) is 13.5. The summed E-state index contributed by atoms with van der Waals surface area (Å²) in [6, 6.07) is 17.9. The van der Waals surface area contributed by atoms with Gasteiger partial charge in [0.05, 0.1) is 12.7 Å². The third-order valence-corrected chi connectivity index (χ3v) is 5.03. The van der Waals surface area contributed by atoms with E-state index in [9.17, 15) is 4.79 Å². The zero-order valence-electron chi connectivity index (χ0n) is 16.7. The Kier molecular flexibility index (Phi) is 6.16. The van der Waals surface area contributed by atoms with E-state index >= 15 is 0 Å². The lowest BCUT2D eigenvalue weighted by molar-refractivity contribution is 0.0950. The standard InChI is InChI=1S/C23H27N3O2/c1-16-12-22(23(27)25-14-19-6-4-18(13-24)5-7-19)17(2)26(16)15-20-8-10-21(28-3)11-9-20/h4-12H,13-15,24H2,1-3H3,(H,25,27). The highest BCUT2D eigenvalue weighted by Crippen LogP contribution is 2.19. The fraction of sp³-hybridized carbons (Fsp3) is 0.261. The fourth-order valence-electron chi connectivity index (χ4n) is 3.26.